The van der Waals surface area contributed by atoms with Crippen molar-refractivity contribution in [2.24, 2.45) is 5.73 Å². The van der Waals surface area contributed by atoms with E-state index >= 15 is 0 Å². The number of aryl methyl sites for hydroxylation is 2. The van der Waals surface area contributed by atoms with Crippen LogP contribution in [-0.4, -0.2) is 14.8 Å². The fourth-order valence-corrected chi connectivity index (χ4v) is 2.23. The Morgan fingerprint density at radius 2 is 1.84 bits per heavy atom. The molecule has 0 saturated carbocycles. The molecule has 0 bridgehead atoms. The molecule has 2 aromatic rings. The first-order chi connectivity index (χ1) is 9.17. The molecule has 0 radical (unpaired) electrons. The van der Waals surface area contributed by atoms with Crippen LogP contribution in [0.5, 0.6) is 0 Å². The number of nitrogens with zero attached hydrogens (tertiary/aromatic N) is 3. The lowest BCUT2D eigenvalue weighted by atomic mass is 10.0. The predicted octanol–water partition coefficient (Wildman–Crippen LogP) is 2.66. The molecule has 2 N–H and O–H groups in total. The number of hydrogen-bond donors (Lipinski definition) is 1. The highest BCUT2D eigenvalue weighted by atomic mass is 15.4. The van der Waals surface area contributed by atoms with E-state index in [4.69, 9.17) is 5.73 Å². The zero-order valence-electron chi connectivity index (χ0n) is 11.9. The van der Waals surface area contributed by atoms with Crippen LogP contribution in [0.2, 0.25) is 0 Å². The highest BCUT2D eigenvalue weighted by Gasteiger charge is 2.20. The number of nitrogens with two attached hydrogens (primary N) is 1. The van der Waals surface area contributed by atoms with E-state index in [2.05, 4.69) is 43.0 Å². The van der Waals surface area contributed by atoms with E-state index in [1.54, 1.807) is 0 Å². The molecule has 4 nitrogen and oxygen atoms in total. The first-order valence-electron chi connectivity index (χ1n) is 6.92. The minimum absolute atomic E-state index is 0.0714. The standard InChI is InChI=1S/C15H22N4/c1-4-13-17-14(5-2)19(18-13)11(3)15(16)12-9-7-6-8-10-12/h6-11,15H,4-5,16H2,1-3H3. The third kappa shape index (κ3) is 2.84. The number of hydrogen-bond acceptors (Lipinski definition) is 3. The van der Waals surface area contributed by atoms with Crippen LogP contribution >= 0.6 is 0 Å². The van der Waals surface area contributed by atoms with Gasteiger partial charge in [0.1, 0.15) is 5.82 Å². The van der Waals surface area contributed by atoms with E-state index in [9.17, 15) is 0 Å². The van der Waals surface area contributed by atoms with Gasteiger partial charge in [-0.1, -0.05) is 44.2 Å². The van der Waals surface area contributed by atoms with E-state index in [1.807, 2.05) is 22.9 Å². The second kappa shape index (κ2) is 5.97. The Morgan fingerprint density at radius 3 is 2.42 bits per heavy atom. The van der Waals surface area contributed by atoms with Gasteiger partial charge in [0.2, 0.25) is 0 Å². The van der Waals surface area contributed by atoms with Gasteiger partial charge in [0.05, 0.1) is 12.1 Å². The third-order valence-corrected chi connectivity index (χ3v) is 3.47. The summed E-state index contributed by atoms with van der Waals surface area (Å²) in [4.78, 5) is 4.54. The molecule has 1 aromatic carbocycles. The van der Waals surface area contributed by atoms with Gasteiger partial charge in [-0.2, -0.15) is 5.10 Å². The molecule has 1 aromatic heterocycles. The fourth-order valence-electron chi connectivity index (χ4n) is 2.23. The largest absolute Gasteiger partial charge is 0.322 e. The summed E-state index contributed by atoms with van der Waals surface area (Å²) < 4.78 is 1.98. The lowest BCUT2D eigenvalue weighted by molar-refractivity contribution is 0.399. The molecule has 0 amide bonds. The van der Waals surface area contributed by atoms with Crippen LogP contribution in [0.1, 0.15) is 50.1 Å². The minimum atomic E-state index is -0.0714. The summed E-state index contributed by atoms with van der Waals surface area (Å²) >= 11 is 0. The van der Waals surface area contributed by atoms with Crippen LogP contribution in [-0.2, 0) is 12.8 Å². The average molecular weight is 258 g/mol. The summed E-state index contributed by atoms with van der Waals surface area (Å²) in [7, 11) is 0. The number of aromatic nitrogens is 3. The highest BCUT2D eigenvalue weighted by molar-refractivity contribution is 5.19. The van der Waals surface area contributed by atoms with Crippen molar-refractivity contribution in [1.29, 1.82) is 0 Å². The second-order valence-corrected chi connectivity index (χ2v) is 4.77. The van der Waals surface area contributed by atoms with Crippen molar-refractivity contribution in [3.8, 4) is 0 Å². The van der Waals surface area contributed by atoms with E-state index in [0.29, 0.717) is 0 Å². The van der Waals surface area contributed by atoms with Crippen LogP contribution in [0.25, 0.3) is 0 Å². The molecule has 4 heteroatoms. The molecular weight excluding hydrogens is 236 g/mol. The van der Waals surface area contributed by atoms with Crippen molar-refractivity contribution in [1.82, 2.24) is 14.8 Å². The Hall–Kier alpha value is -1.68. The van der Waals surface area contributed by atoms with Gasteiger partial charge in [-0.25, -0.2) is 9.67 Å². The average Bonchev–Trinajstić information content (AvgIpc) is 2.90. The molecular formula is C15H22N4. The van der Waals surface area contributed by atoms with Crippen molar-refractivity contribution >= 4 is 0 Å². The molecule has 2 unspecified atom stereocenters. The van der Waals surface area contributed by atoms with Crippen LogP contribution in [0.3, 0.4) is 0 Å². The third-order valence-electron chi connectivity index (χ3n) is 3.47. The molecule has 0 aliphatic carbocycles. The van der Waals surface area contributed by atoms with Gasteiger partial charge in [0.25, 0.3) is 0 Å². The summed E-state index contributed by atoms with van der Waals surface area (Å²) in [6.45, 7) is 6.27. The van der Waals surface area contributed by atoms with E-state index in [-0.39, 0.29) is 12.1 Å². The van der Waals surface area contributed by atoms with Gasteiger partial charge in [0, 0.05) is 12.8 Å². The summed E-state index contributed by atoms with van der Waals surface area (Å²) in [6, 6.07) is 10.2. The molecule has 102 valence electrons. The molecule has 2 atom stereocenters. The van der Waals surface area contributed by atoms with Crippen LogP contribution in [0.15, 0.2) is 30.3 Å². The maximum absolute atomic E-state index is 6.36. The molecule has 0 saturated heterocycles. The van der Waals surface area contributed by atoms with Gasteiger partial charge < -0.3 is 5.73 Å². The SMILES string of the molecule is CCc1nc(CC)n(C(C)C(N)c2ccccc2)n1. The Labute approximate surface area is 114 Å². The number of rotatable bonds is 5. The monoisotopic (exact) mass is 258 g/mol. The van der Waals surface area contributed by atoms with Crippen LogP contribution < -0.4 is 5.73 Å². The van der Waals surface area contributed by atoms with Crippen molar-refractivity contribution < 1.29 is 0 Å². The van der Waals surface area contributed by atoms with Gasteiger partial charge in [-0.15, -0.1) is 0 Å². The fraction of sp³-hybridized carbons (Fsp3) is 0.467. The summed E-state index contributed by atoms with van der Waals surface area (Å²) in [5, 5.41) is 4.57. The molecule has 0 spiro atoms. The summed E-state index contributed by atoms with van der Waals surface area (Å²) in [5.41, 5.74) is 7.49. The maximum Gasteiger partial charge on any atom is 0.150 e. The second-order valence-electron chi connectivity index (χ2n) is 4.77. The molecule has 0 aliphatic rings. The van der Waals surface area contributed by atoms with Crippen molar-refractivity contribution in [2.45, 2.75) is 45.7 Å². The highest BCUT2D eigenvalue weighted by Crippen LogP contribution is 2.24. The molecule has 2 rings (SSSR count). The zero-order chi connectivity index (χ0) is 13.8. The minimum Gasteiger partial charge on any atom is -0.322 e. The Morgan fingerprint density at radius 1 is 1.16 bits per heavy atom. The Bertz CT molecular complexity index is 518. The van der Waals surface area contributed by atoms with Gasteiger partial charge in [-0.05, 0) is 12.5 Å². The topological polar surface area (TPSA) is 56.7 Å². The van der Waals surface area contributed by atoms with Gasteiger partial charge in [0.15, 0.2) is 5.82 Å². The van der Waals surface area contributed by atoms with Crippen LogP contribution in [0, 0.1) is 0 Å². The zero-order valence-corrected chi connectivity index (χ0v) is 11.9. The predicted molar refractivity (Wildman–Crippen MR) is 76.9 cm³/mol. The lowest BCUT2D eigenvalue weighted by Crippen LogP contribution is -2.24. The quantitative estimate of drug-likeness (QED) is 0.897. The van der Waals surface area contributed by atoms with E-state index in [0.717, 1.165) is 30.1 Å². The molecule has 19 heavy (non-hydrogen) atoms. The van der Waals surface area contributed by atoms with Crippen molar-refractivity contribution in [3.05, 3.63) is 47.5 Å². The number of benzene rings is 1. The van der Waals surface area contributed by atoms with E-state index in [1.165, 1.54) is 0 Å². The summed E-state index contributed by atoms with van der Waals surface area (Å²) in [5.74, 6) is 1.90. The maximum atomic E-state index is 6.36. The van der Waals surface area contributed by atoms with Crippen molar-refractivity contribution in [3.63, 3.8) is 0 Å². The van der Waals surface area contributed by atoms with Gasteiger partial charge in [-0.3, -0.25) is 0 Å². The van der Waals surface area contributed by atoms with Gasteiger partial charge >= 0.3 is 0 Å². The molecule has 1 heterocycles. The normalized spacial score (nSPS) is 14.3. The molecule has 0 fully saturated rings. The van der Waals surface area contributed by atoms with Crippen molar-refractivity contribution in [2.75, 3.05) is 0 Å². The van der Waals surface area contributed by atoms with Crippen LogP contribution in [0.4, 0.5) is 0 Å². The smallest absolute Gasteiger partial charge is 0.150 e. The summed E-state index contributed by atoms with van der Waals surface area (Å²) in [6.07, 6.45) is 1.73. The van der Waals surface area contributed by atoms with E-state index < -0.39 is 0 Å². The lowest BCUT2D eigenvalue weighted by Gasteiger charge is -2.21. The Balaban J connectivity index is 2.28. The first-order valence-corrected chi connectivity index (χ1v) is 6.92. The first kappa shape index (κ1) is 13.7. The Kier molecular flexibility index (Phi) is 4.32. The molecule has 0 aliphatic heterocycles.